The maximum Gasteiger partial charge on any atom is 0.354 e. The van der Waals surface area contributed by atoms with E-state index in [-0.39, 0.29) is 5.69 Å². The van der Waals surface area contributed by atoms with Gasteiger partial charge in [-0.1, -0.05) is 30.3 Å². The van der Waals surface area contributed by atoms with Crippen molar-refractivity contribution < 1.29 is 9.90 Å². The fourth-order valence-electron chi connectivity index (χ4n) is 1.61. The van der Waals surface area contributed by atoms with Gasteiger partial charge in [0.25, 0.3) is 0 Å². The van der Waals surface area contributed by atoms with Crippen molar-refractivity contribution in [3.05, 3.63) is 40.8 Å². The minimum absolute atomic E-state index is 0.124. The predicted molar refractivity (Wildman–Crippen MR) is 63.0 cm³/mol. The van der Waals surface area contributed by atoms with Crippen molar-refractivity contribution in [1.82, 2.24) is 9.55 Å². The topological polar surface area (TPSA) is 58.0 Å². The van der Waals surface area contributed by atoms with E-state index in [1.807, 2.05) is 30.3 Å². The number of hydrogen-bond acceptors (Lipinski definition) is 2. The summed E-state index contributed by atoms with van der Waals surface area (Å²) in [5.41, 5.74) is 1.55. The molecule has 0 radical (unpaired) electrons. The molecular weight excluding hydrogens is 224 g/mol. The summed E-state index contributed by atoms with van der Waals surface area (Å²) < 4.78 is 2.06. The van der Waals surface area contributed by atoms with Crippen molar-refractivity contribution in [3.63, 3.8) is 0 Å². The molecule has 0 unspecified atom stereocenters. The zero-order valence-electron chi connectivity index (χ0n) is 8.60. The van der Waals surface area contributed by atoms with E-state index in [9.17, 15) is 4.79 Å². The van der Waals surface area contributed by atoms with E-state index in [1.165, 1.54) is 0 Å². The lowest BCUT2D eigenvalue weighted by Gasteiger charge is -2.03. The Morgan fingerprint density at radius 1 is 1.38 bits per heavy atom. The van der Waals surface area contributed by atoms with Gasteiger partial charge in [-0.3, -0.25) is 0 Å². The third-order valence-corrected chi connectivity index (χ3v) is 2.75. The van der Waals surface area contributed by atoms with Crippen LogP contribution in [0.3, 0.4) is 0 Å². The van der Waals surface area contributed by atoms with Crippen molar-refractivity contribution in [2.75, 3.05) is 0 Å². The monoisotopic (exact) mass is 234 g/mol. The Bertz CT molecular complexity index is 584. The lowest BCUT2D eigenvalue weighted by Crippen LogP contribution is -2.01. The molecule has 0 saturated carbocycles. The van der Waals surface area contributed by atoms with E-state index in [1.54, 1.807) is 11.6 Å². The van der Waals surface area contributed by atoms with E-state index in [0.717, 1.165) is 5.56 Å². The number of nitrogens with one attached hydrogen (secondary N) is 1. The quantitative estimate of drug-likeness (QED) is 0.785. The summed E-state index contributed by atoms with van der Waals surface area (Å²) in [7, 11) is 1.74. The van der Waals surface area contributed by atoms with Gasteiger partial charge in [-0.15, -0.1) is 0 Å². The largest absolute Gasteiger partial charge is 0.477 e. The van der Waals surface area contributed by atoms with Crippen molar-refractivity contribution >= 4 is 18.2 Å². The molecule has 1 aromatic carbocycles. The second-order valence-electron chi connectivity index (χ2n) is 3.38. The molecule has 82 valence electrons. The molecule has 1 heterocycles. The van der Waals surface area contributed by atoms with Crippen LogP contribution in [0.4, 0.5) is 0 Å². The average Bonchev–Trinajstić information content (AvgIpc) is 2.57. The van der Waals surface area contributed by atoms with Gasteiger partial charge in [0.1, 0.15) is 0 Å². The lowest BCUT2D eigenvalue weighted by molar-refractivity contribution is 0.0692. The van der Waals surface area contributed by atoms with Gasteiger partial charge in [0, 0.05) is 12.6 Å². The van der Waals surface area contributed by atoms with Crippen LogP contribution in [0, 0.1) is 4.77 Å². The van der Waals surface area contributed by atoms with Gasteiger partial charge in [-0.25, -0.2) is 4.79 Å². The zero-order chi connectivity index (χ0) is 11.7. The van der Waals surface area contributed by atoms with Crippen LogP contribution >= 0.6 is 12.2 Å². The SMILES string of the molecule is Cn1c(-c2ccccc2)c(C(=O)O)[nH]c1=S. The highest BCUT2D eigenvalue weighted by molar-refractivity contribution is 7.71. The Kier molecular flexibility index (Phi) is 2.62. The highest BCUT2D eigenvalue weighted by Gasteiger charge is 2.16. The van der Waals surface area contributed by atoms with Crippen LogP contribution in [-0.2, 0) is 7.05 Å². The number of imidazole rings is 1. The molecule has 1 aromatic heterocycles. The Balaban J connectivity index is 2.73. The molecule has 0 aliphatic carbocycles. The Hall–Kier alpha value is -1.88. The van der Waals surface area contributed by atoms with E-state index in [2.05, 4.69) is 4.98 Å². The third-order valence-electron chi connectivity index (χ3n) is 2.37. The fraction of sp³-hybridized carbons (Fsp3) is 0.0909. The first-order valence-corrected chi connectivity index (χ1v) is 5.10. The van der Waals surface area contributed by atoms with Gasteiger partial charge >= 0.3 is 5.97 Å². The summed E-state index contributed by atoms with van der Waals surface area (Å²) >= 11 is 5.02. The number of carboxylic acids is 1. The first kappa shape index (κ1) is 10.6. The molecule has 0 bridgehead atoms. The Morgan fingerprint density at radius 3 is 2.56 bits per heavy atom. The summed E-state index contributed by atoms with van der Waals surface area (Å²) in [6, 6.07) is 9.30. The van der Waals surface area contributed by atoms with Crippen molar-refractivity contribution in [1.29, 1.82) is 0 Å². The molecule has 2 N–H and O–H groups in total. The van der Waals surface area contributed by atoms with Gasteiger partial charge in [-0.05, 0) is 12.2 Å². The first-order chi connectivity index (χ1) is 7.61. The minimum Gasteiger partial charge on any atom is -0.477 e. The summed E-state index contributed by atoms with van der Waals surface area (Å²) in [6.07, 6.45) is 0. The number of nitrogens with zero attached hydrogens (tertiary/aromatic N) is 1. The summed E-state index contributed by atoms with van der Waals surface area (Å²) in [5.74, 6) is -1.01. The molecule has 16 heavy (non-hydrogen) atoms. The number of aromatic amines is 1. The number of aromatic carboxylic acids is 1. The molecule has 0 atom stereocenters. The van der Waals surface area contributed by atoms with Gasteiger partial charge in [0.15, 0.2) is 10.5 Å². The van der Waals surface area contributed by atoms with Crippen LogP contribution in [0.5, 0.6) is 0 Å². The lowest BCUT2D eigenvalue weighted by atomic mass is 10.1. The predicted octanol–water partition coefficient (Wildman–Crippen LogP) is 2.45. The van der Waals surface area contributed by atoms with E-state index in [4.69, 9.17) is 17.3 Å². The van der Waals surface area contributed by atoms with E-state index >= 15 is 0 Å². The molecule has 0 saturated heterocycles. The average molecular weight is 234 g/mol. The van der Waals surface area contributed by atoms with Gasteiger partial charge in [-0.2, -0.15) is 0 Å². The second kappa shape index (κ2) is 3.94. The first-order valence-electron chi connectivity index (χ1n) is 4.69. The normalized spacial score (nSPS) is 10.3. The number of aromatic nitrogens is 2. The molecule has 0 fully saturated rings. The Morgan fingerprint density at radius 2 is 2.00 bits per heavy atom. The Labute approximate surface area is 97.2 Å². The maximum atomic E-state index is 11.1. The van der Waals surface area contributed by atoms with Crippen LogP contribution in [0.25, 0.3) is 11.3 Å². The number of hydrogen-bond donors (Lipinski definition) is 2. The van der Waals surface area contributed by atoms with Gasteiger partial charge in [0.05, 0.1) is 5.69 Å². The number of rotatable bonds is 2. The molecule has 5 heteroatoms. The number of benzene rings is 1. The van der Waals surface area contributed by atoms with Crippen LogP contribution in [0.1, 0.15) is 10.5 Å². The van der Waals surface area contributed by atoms with Crippen LogP contribution in [0.2, 0.25) is 0 Å². The molecule has 0 aliphatic rings. The van der Waals surface area contributed by atoms with Crippen molar-refractivity contribution in [2.45, 2.75) is 0 Å². The van der Waals surface area contributed by atoms with Crippen LogP contribution in [0.15, 0.2) is 30.3 Å². The molecule has 2 aromatic rings. The fourth-order valence-corrected chi connectivity index (χ4v) is 1.80. The van der Waals surface area contributed by atoms with Gasteiger partial charge < -0.3 is 14.7 Å². The highest BCUT2D eigenvalue weighted by atomic mass is 32.1. The van der Waals surface area contributed by atoms with Crippen LogP contribution in [-0.4, -0.2) is 20.6 Å². The zero-order valence-corrected chi connectivity index (χ0v) is 9.41. The summed E-state index contributed by atoms with van der Waals surface area (Å²) in [4.78, 5) is 13.8. The molecule has 0 spiro atoms. The molecule has 0 amide bonds. The molecule has 0 aliphatic heterocycles. The van der Waals surface area contributed by atoms with E-state index < -0.39 is 5.97 Å². The minimum atomic E-state index is -1.01. The van der Waals surface area contributed by atoms with E-state index in [0.29, 0.717) is 10.5 Å². The molecule has 2 rings (SSSR count). The number of carbonyl (C=O) groups is 1. The summed E-state index contributed by atoms with van der Waals surface area (Å²) in [5, 5.41) is 9.07. The van der Waals surface area contributed by atoms with Crippen molar-refractivity contribution in [3.8, 4) is 11.3 Å². The number of H-pyrrole nitrogens is 1. The molecule has 4 nitrogen and oxygen atoms in total. The van der Waals surface area contributed by atoms with Gasteiger partial charge in [0.2, 0.25) is 0 Å². The van der Waals surface area contributed by atoms with Crippen LogP contribution < -0.4 is 0 Å². The smallest absolute Gasteiger partial charge is 0.354 e. The molecular formula is C11H10N2O2S. The maximum absolute atomic E-state index is 11.1. The second-order valence-corrected chi connectivity index (χ2v) is 3.77. The standard InChI is InChI=1S/C11H10N2O2S/c1-13-9(7-5-3-2-4-6-7)8(10(14)15)12-11(13)16/h2-6H,1H3,(H,12,16)(H,14,15). The summed E-state index contributed by atoms with van der Waals surface area (Å²) in [6.45, 7) is 0. The number of carboxylic acid groups (broad SMARTS) is 1. The third kappa shape index (κ3) is 1.65. The highest BCUT2D eigenvalue weighted by Crippen LogP contribution is 2.22. The van der Waals surface area contributed by atoms with Crippen molar-refractivity contribution in [2.24, 2.45) is 7.05 Å².